The maximum atomic E-state index is 4.86. The van der Waals surface area contributed by atoms with Crippen molar-refractivity contribution in [2.75, 3.05) is 0 Å². The van der Waals surface area contributed by atoms with Crippen LogP contribution in [0, 0.1) is 6.92 Å². The van der Waals surface area contributed by atoms with E-state index in [-0.39, 0.29) is 0 Å². The van der Waals surface area contributed by atoms with Gasteiger partial charge in [0, 0.05) is 21.7 Å². The average Bonchev–Trinajstić information content (AvgIpc) is 3.10. The summed E-state index contributed by atoms with van der Waals surface area (Å²) < 4.78 is 0. The third-order valence-electron chi connectivity index (χ3n) is 3.19. The Morgan fingerprint density at radius 3 is 2.76 bits per heavy atom. The first kappa shape index (κ1) is 11.4. The van der Waals surface area contributed by atoms with E-state index in [0.717, 1.165) is 11.2 Å². The van der Waals surface area contributed by atoms with Gasteiger partial charge < -0.3 is 0 Å². The van der Waals surface area contributed by atoms with E-state index in [1.807, 2.05) is 11.3 Å². The first-order chi connectivity index (χ1) is 8.29. The largest absolute Gasteiger partial charge is 0.240 e. The van der Waals surface area contributed by atoms with Gasteiger partial charge in [-0.25, -0.2) is 4.98 Å². The molecule has 0 aliphatic heterocycles. The number of hydrogen-bond acceptors (Lipinski definition) is 2. The molecule has 0 unspecified atom stereocenters. The maximum Gasteiger partial charge on any atom is 0.124 e. The third-order valence-corrected chi connectivity index (χ3v) is 5.22. The second-order valence-electron chi connectivity index (χ2n) is 4.55. The molecule has 0 radical (unpaired) electrons. The minimum absolute atomic E-state index is 0.733. The monoisotopic (exact) mass is 307 g/mol. The molecule has 1 aliphatic rings. The Balaban J connectivity index is 2.06. The zero-order valence-electron chi connectivity index (χ0n) is 9.74. The third kappa shape index (κ3) is 2.18. The van der Waals surface area contributed by atoms with Crippen molar-refractivity contribution >= 4 is 27.3 Å². The van der Waals surface area contributed by atoms with Crippen molar-refractivity contribution in [1.29, 1.82) is 0 Å². The van der Waals surface area contributed by atoms with E-state index in [0.29, 0.717) is 0 Å². The van der Waals surface area contributed by atoms with Crippen molar-refractivity contribution in [1.82, 2.24) is 4.98 Å². The van der Waals surface area contributed by atoms with Crippen LogP contribution in [0.4, 0.5) is 0 Å². The number of nitrogens with zero attached hydrogens (tertiary/aromatic N) is 1. The van der Waals surface area contributed by atoms with Crippen LogP contribution in [-0.2, 0) is 5.33 Å². The molecule has 3 rings (SSSR count). The van der Waals surface area contributed by atoms with Gasteiger partial charge in [0.25, 0.3) is 0 Å². The number of aromatic nitrogens is 1. The van der Waals surface area contributed by atoms with Gasteiger partial charge in [-0.05, 0) is 25.3 Å². The molecule has 17 heavy (non-hydrogen) atoms. The van der Waals surface area contributed by atoms with E-state index < -0.39 is 0 Å². The summed E-state index contributed by atoms with van der Waals surface area (Å²) in [6.45, 7) is 2.15. The summed E-state index contributed by atoms with van der Waals surface area (Å²) in [6, 6.07) is 8.50. The fraction of sp³-hybridized carbons (Fsp3) is 0.357. The van der Waals surface area contributed by atoms with Crippen molar-refractivity contribution in [3.8, 4) is 10.6 Å². The Bertz CT molecular complexity index is 543. The van der Waals surface area contributed by atoms with Crippen molar-refractivity contribution < 1.29 is 0 Å². The molecule has 1 saturated carbocycles. The number of thiazole rings is 1. The first-order valence-corrected chi connectivity index (χ1v) is 7.85. The summed E-state index contributed by atoms with van der Waals surface area (Å²) in [5.41, 5.74) is 3.93. The van der Waals surface area contributed by atoms with Gasteiger partial charge in [0.05, 0.1) is 5.69 Å². The Hall–Kier alpha value is -0.670. The highest BCUT2D eigenvalue weighted by Crippen LogP contribution is 2.45. The van der Waals surface area contributed by atoms with Crippen LogP contribution < -0.4 is 0 Å². The SMILES string of the molecule is Cc1ccccc1-c1nc(C2CC2)c(CBr)s1. The van der Waals surface area contributed by atoms with E-state index in [1.165, 1.54) is 39.5 Å². The lowest BCUT2D eigenvalue weighted by Crippen LogP contribution is -1.85. The van der Waals surface area contributed by atoms with Gasteiger partial charge in [-0.3, -0.25) is 0 Å². The molecule has 0 spiro atoms. The Kier molecular flexibility index (Phi) is 3.05. The van der Waals surface area contributed by atoms with E-state index in [1.54, 1.807) is 0 Å². The van der Waals surface area contributed by atoms with Crippen molar-refractivity contribution in [2.24, 2.45) is 0 Å². The van der Waals surface area contributed by atoms with Gasteiger partial charge in [0.1, 0.15) is 5.01 Å². The van der Waals surface area contributed by atoms with Crippen molar-refractivity contribution in [2.45, 2.75) is 31.0 Å². The van der Waals surface area contributed by atoms with Crippen molar-refractivity contribution in [3.63, 3.8) is 0 Å². The van der Waals surface area contributed by atoms with Crippen molar-refractivity contribution in [3.05, 3.63) is 40.4 Å². The summed E-state index contributed by atoms with van der Waals surface area (Å²) >= 11 is 5.42. The average molecular weight is 308 g/mol. The lowest BCUT2D eigenvalue weighted by Gasteiger charge is -2.00. The summed E-state index contributed by atoms with van der Waals surface area (Å²) in [5.74, 6) is 0.733. The van der Waals surface area contributed by atoms with Gasteiger partial charge in [-0.1, -0.05) is 40.2 Å². The molecule has 2 aromatic rings. The van der Waals surface area contributed by atoms with Gasteiger partial charge in [-0.2, -0.15) is 0 Å². The predicted octanol–water partition coefficient (Wildman–Crippen LogP) is 4.89. The molecular formula is C14H14BrNS. The molecular weight excluding hydrogens is 294 g/mol. The lowest BCUT2D eigenvalue weighted by molar-refractivity contribution is 1.03. The molecule has 1 aromatic carbocycles. The summed E-state index contributed by atoms with van der Waals surface area (Å²) in [6.07, 6.45) is 2.63. The maximum absolute atomic E-state index is 4.86. The van der Waals surface area contributed by atoms with E-state index in [9.17, 15) is 0 Å². The van der Waals surface area contributed by atoms with Crippen LogP contribution in [0.5, 0.6) is 0 Å². The molecule has 0 bridgehead atoms. The van der Waals surface area contributed by atoms with Gasteiger partial charge in [-0.15, -0.1) is 11.3 Å². The number of hydrogen-bond donors (Lipinski definition) is 0. The highest BCUT2D eigenvalue weighted by molar-refractivity contribution is 9.08. The van der Waals surface area contributed by atoms with E-state index in [4.69, 9.17) is 4.98 Å². The van der Waals surface area contributed by atoms with Crippen LogP contribution >= 0.6 is 27.3 Å². The number of alkyl halides is 1. The van der Waals surface area contributed by atoms with E-state index >= 15 is 0 Å². The van der Waals surface area contributed by atoms with Gasteiger partial charge >= 0.3 is 0 Å². The number of aryl methyl sites for hydroxylation is 1. The standard InChI is InChI=1S/C14H14BrNS/c1-9-4-2-3-5-11(9)14-16-13(10-6-7-10)12(8-15)17-14/h2-5,10H,6-8H2,1H3. The zero-order chi connectivity index (χ0) is 11.8. The van der Waals surface area contributed by atoms with Gasteiger partial charge in [0.2, 0.25) is 0 Å². The molecule has 0 N–H and O–H groups in total. The highest BCUT2D eigenvalue weighted by Gasteiger charge is 2.29. The molecule has 0 atom stereocenters. The number of rotatable bonds is 3. The Labute approximate surface area is 114 Å². The minimum Gasteiger partial charge on any atom is -0.240 e. The Morgan fingerprint density at radius 1 is 1.35 bits per heavy atom. The molecule has 0 amide bonds. The molecule has 1 aromatic heterocycles. The molecule has 1 nitrogen and oxygen atoms in total. The fourth-order valence-corrected chi connectivity index (χ4v) is 3.78. The summed E-state index contributed by atoms with van der Waals surface area (Å²) in [4.78, 5) is 6.27. The number of halogens is 1. The lowest BCUT2D eigenvalue weighted by atomic mass is 10.1. The van der Waals surface area contributed by atoms with Crippen LogP contribution in [0.25, 0.3) is 10.6 Å². The fourth-order valence-electron chi connectivity index (χ4n) is 2.06. The second-order valence-corrected chi connectivity index (χ2v) is 6.19. The predicted molar refractivity (Wildman–Crippen MR) is 76.9 cm³/mol. The molecule has 88 valence electrons. The minimum atomic E-state index is 0.733. The van der Waals surface area contributed by atoms with Crippen LogP contribution in [0.3, 0.4) is 0 Å². The number of benzene rings is 1. The normalized spacial score (nSPS) is 15.2. The zero-order valence-corrected chi connectivity index (χ0v) is 12.1. The van der Waals surface area contributed by atoms with Crippen LogP contribution in [0.2, 0.25) is 0 Å². The highest BCUT2D eigenvalue weighted by atomic mass is 79.9. The molecule has 1 fully saturated rings. The van der Waals surface area contributed by atoms with E-state index in [2.05, 4.69) is 47.1 Å². The van der Waals surface area contributed by atoms with Crippen LogP contribution in [0.15, 0.2) is 24.3 Å². The topological polar surface area (TPSA) is 12.9 Å². The second kappa shape index (κ2) is 4.54. The quantitative estimate of drug-likeness (QED) is 0.736. The smallest absolute Gasteiger partial charge is 0.124 e. The molecule has 1 heterocycles. The molecule has 1 aliphatic carbocycles. The molecule has 0 saturated heterocycles. The van der Waals surface area contributed by atoms with Gasteiger partial charge in [0.15, 0.2) is 0 Å². The molecule has 3 heteroatoms. The first-order valence-electron chi connectivity index (χ1n) is 5.91. The summed E-state index contributed by atoms with van der Waals surface area (Å²) in [7, 11) is 0. The van der Waals surface area contributed by atoms with Crippen LogP contribution in [0.1, 0.15) is 34.9 Å². The summed E-state index contributed by atoms with van der Waals surface area (Å²) in [5, 5.41) is 2.11. The Morgan fingerprint density at radius 2 is 2.12 bits per heavy atom. The van der Waals surface area contributed by atoms with Crippen LogP contribution in [-0.4, -0.2) is 4.98 Å².